The van der Waals surface area contributed by atoms with Crippen LogP contribution in [0.25, 0.3) is 10.8 Å². The van der Waals surface area contributed by atoms with Crippen molar-refractivity contribution in [1.29, 1.82) is 0 Å². The van der Waals surface area contributed by atoms with Crippen LogP contribution in [0.4, 0.5) is 0 Å². The molecule has 2 aliphatic rings. The highest BCUT2D eigenvalue weighted by molar-refractivity contribution is 7.13. The molecule has 0 bridgehead atoms. The number of hydrogen-bond acceptors (Lipinski definition) is 7. The van der Waals surface area contributed by atoms with E-state index < -0.39 is 0 Å². The van der Waals surface area contributed by atoms with Gasteiger partial charge in [-0.2, -0.15) is 4.98 Å². The minimum absolute atomic E-state index is 0.0786. The van der Waals surface area contributed by atoms with Crippen LogP contribution in [-0.4, -0.2) is 45.8 Å². The fourth-order valence-corrected chi connectivity index (χ4v) is 3.83. The zero-order chi connectivity index (χ0) is 14.2. The van der Waals surface area contributed by atoms with Crippen molar-refractivity contribution in [3.63, 3.8) is 0 Å². The van der Waals surface area contributed by atoms with Gasteiger partial charge in [0.05, 0.1) is 17.8 Å². The Morgan fingerprint density at radius 2 is 2.33 bits per heavy atom. The first kappa shape index (κ1) is 13.4. The fraction of sp³-hybridized carbons (Fsp3) is 0.643. The van der Waals surface area contributed by atoms with Crippen LogP contribution in [0.15, 0.2) is 10.0 Å². The van der Waals surface area contributed by atoms with Gasteiger partial charge in [-0.3, -0.25) is 4.90 Å². The Hall–Kier alpha value is -1.31. The number of aromatic nitrogens is 3. The maximum absolute atomic E-state index is 5.96. The topological polar surface area (TPSA) is 64.3 Å². The number of ether oxygens (including phenoxy) is 1. The quantitative estimate of drug-likeness (QED) is 0.849. The number of aryl methyl sites for hydroxylation is 1. The fourth-order valence-electron chi connectivity index (χ4n) is 3.10. The Balaban J connectivity index is 1.52. The highest BCUT2D eigenvalue weighted by Gasteiger charge is 2.33. The summed E-state index contributed by atoms with van der Waals surface area (Å²) in [5.74, 6) is 1.20. The van der Waals surface area contributed by atoms with E-state index in [0.29, 0.717) is 17.8 Å². The summed E-state index contributed by atoms with van der Waals surface area (Å²) in [4.78, 5) is 12.2. The number of thiazole rings is 1. The van der Waals surface area contributed by atoms with E-state index in [1.165, 1.54) is 30.6 Å². The van der Waals surface area contributed by atoms with E-state index in [-0.39, 0.29) is 6.10 Å². The van der Waals surface area contributed by atoms with Crippen molar-refractivity contribution in [1.82, 2.24) is 20.0 Å². The second-order valence-electron chi connectivity index (χ2n) is 5.69. The van der Waals surface area contributed by atoms with E-state index in [4.69, 9.17) is 9.26 Å². The molecular formula is C14H18N4O2S. The molecule has 0 radical (unpaired) electrons. The predicted molar refractivity (Wildman–Crippen MR) is 78.0 cm³/mol. The van der Waals surface area contributed by atoms with Gasteiger partial charge < -0.3 is 9.26 Å². The van der Waals surface area contributed by atoms with Gasteiger partial charge in [0, 0.05) is 12.6 Å². The smallest absolute Gasteiger partial charge is 0.270 e. The van der Waals surface area contributed by atoms with Crippen LogP contribution in [0.1, 0.15) is 36.9 Å². The summed E-state index contributed by atoms with van der Waals surface area (Å²) in [6.45, 7) is 4.74. The van der Waals surface area contributed by atoms with Crippen molar-refractivity contribution >= 4 is 11.3 Å². The summed E-state index contributed by atoms with van der Waals surface area (Å²) in [7, 11) is 0. The molecule has 0 unspecified atom stereocenters. The number of piperidine rings is 1. The lowest BCUT2D eigenvalue weighted by Crippen LogP contribution is -2.49. The summed E-state index contributed by atoms with van der Waals surface area (Å²) in [6.07, 6.45) is 3.75. The zero-order valence-corrected chi connectivity index (χ0v) is 12.8. The van der Waals surface area contributed by atoms with Crippen LogP contribution in [0, 0.1) is 6.92 Å². The average Bonchev–Trinajstić information content (AvgIpc) is 3.15. The van der Waals surface area contributed by atoms with Crippen LogP contribution in [0.5, 0.6) is 0 Å². The standard InChI is InChI=1S/C14H18N4O2S/c1-9-12(21-8-15-9)14-16-13(17-20-14)11-6-18-5-3-2-4-10(18)7-19-11/h8,10-11H,2-7H2,1H3/t10-,11-/m0/s1. The minimum Gasteiger partial charge on any atom is -0.367 e. The molecule has 2 saturated heterocycles. The van der Waals surface area contributed by atoms with Crippen molar-refractivity contribution in [2.24, 2.45) is 0 Å². The molecule has 6 nitrogen and oxygen atoms in total. The maximum Gasteiger partial charge on any atom is 0.270 e. The number of morpholine rings is 1. The summed E-state index contributed by atoms with van der Waals surface area (Å²) >= 11 is 1.52. The molecule has 2 atom stereocenters. The first-order valence-electron chi connectivity index (χ1n) is 7.41. The summed E-state index contributed by atoms with van der Waals surface area (Å²) in [6, 6.07) is 0.574. The molecule has 0 aliphatic carbocycles. The highest BCUT2D eigenvalue weighted by atomic mass is 32.1. The van der Waals surface area contributed by atoms with Crippen molar-refractivity contribution in [3.8, 4) is 10.8 Å². The van der Waals surface area contributed by atoms with E-state index in [1.54, 1.807) is 5.51 Å². The zero-order valence-electron chi connectivity index (χ0n) is 12.0. The molecule has 0 N–H and O–H groups in total. The van der Waals surface area contributed by atoms with Gasteiger partial charge in [-0.05, 0) is 26.3 Å². The van der Waals surface area contributed by atoms with Gasteiger partial charge in [-0.15, -0.1) is 11.3 Å². The minimum atomic E-state index is -0.0786. The third-order valence-corrected chi connectivity index (χ3v) is 5.23. The van der Waals surface area contributed by atoms with Crippen molar-refractivity contribution in [3.05, 3.63) is 17.0 Å². The molecule has 0 amide bonds. The Labute approximate surface area is 127 Å². The Bertz CT molecular complexity index is 626. The molecule has 21 heavy (non-hydrogen) atoms. The van der Waals surface area contributed by atoms with Crippen LogP contribution in [0.2, 0.25) is 0 Å². The molecule has 0 saturated carbocycles. The number of fused-ring (bicyclic) bond motifs is 1. The first-order chi connectivity index (χ1) is 10.3. The molecule has 7 heteroatoms. The monoisotopic (exact) mass is 306 g/mol. The third-order valence-electron chi connectivity index (χ3n) is 4.31. The van der Waals surface area contributed by atoms with E-state index in [0.717, 1.165) is 30.3 Å². The van der Waals surface area contributed by atoms with Crippen LogP contribution in [0.3, 0.4) is 0 Å². The Morgan fingerprint density at radius 1 is 1.38 bits per heavy atom. The normalized spacial score (nSPS) is 26.7. The van der Waals surface area contributed by atoms with Crippen molar-refractivity contribution in [2.75, 3.05) is 19.7 Å². The number of nitrogens with zero attached hydrogens (tertiary/aromatic N) is 4. The van der Waals surface area contributed by atoms with Crippen molar-refractivity contribution < 1.29 is 9.26 Å². The van der Waals surface area contributed by atoms with Crippen LogP contribution >= 0.6 is 11.3 Å². The Kier molecular flexibility index (Phi) is 3.48. The molecule has 0 aromatic carbocycles. The molecule has 2 aromatic heterocycles. The third kappa shape index (κ3) is 2.49. The average molecular weight is 306 g/mol. The summed E-state index contributed by atoms with van der Waals surface area (Å²) in [5, 5.41) is 4.12. The number of hydrogen-bond donors (Lipinski definition) is 0. The largest absolute Gasteiger partial charge is 0.367 e. The van der Waals surface area contributed by atoms with E-state index in [9.17, 15) is 0 Å². The van der Waals surface area contributed by atoms with Gasteiger partial charge in [0.2, 0.25) is 5.82 Å². The molecule has 2 fully saturated rings. The molecule has 2 aromatic rings. The predicted octanol–water partition coefficient (Wildman–Crippen LogP) is 2.43. The SMILES string of the molecule is Cc1ncsc1-c1nc([C@@H]2CN3CCCC[C@H]3CO2)no1. The lowest BCUT2D eigenvalue weighted by Gasteiger charge is -2.41. The highest BCUT2D eigenvalue weighted by Crippen LogP contribution is 2.31. The lowest BCUT2D eigenvalue weighted by molar-refractivity contribution is -0.0805. The molecule has 112 valence electrons. The van der Waals surface area contributed by atoms with Crippen LogP contribution in [-0.2, 0) is 4.74 Å². The van der Waals surface area contributed by atoms with Gasteiger partial charge in [-0.1, -0.05) is 11.6 Å². The first-order valence-corrected chi connectivity index (χ1v) is 8.29. The lowest BCUT2D eigenvalue weighted by atomic mass is 10.0. The summed E-state index contributed by atoms with van der Waals surface area (Å²) < 4.78 is 11.3. The van der Waals surface area contributed by atoms with Gasteiger partial charge in [0.25, 0.3) is 5.89 Å². The van der Waals surface area contributed by atoms with Crippen molar-refractivity contribution in [2.45, 2.75) is 38.3 Å². The van der Waals surface area contributed by atoms with Gasteiger partial charge in [-0.25, -0.2) is 4.98 Å². The molecular weight excluding hydrogens is 288 g/mol. The molecule has 2 aliphatic heterocycles. The van der Waals surface area contributed by atoms with E-state index in [2.05, 4.69) is 20.0 Å². The number of rotatable bonds is 2. The van der Waals surface area contributed by atoms with E-state index >= 15 is 0 Å². The van der Waals surface area contributed by atoms with Crippen LogP contribution < -0.4 is 0 Å². The van der Waals surface area contributed by atoms with Gasteiger partial charge in [0.1, 0.15) is 11.0 Å². The summed E-state index contributed by atoms with van der Waals surface area (Å²) in [5.41, 5.74) is 2.72. The molecule has 4 rings (SSSR count). The Morgan fingerprint density at radius 3 is 3.19 bits per heavy atom. The molecule has 4 heterocycles. The second-order valence-corrected chi connectivity index (χ2v) is 6.55. The van der Waals surface area contributed by atoms with E-state index in [1.807, 2.05) is 6.92 Å². The molecule has 0 spiro atoms. The van der Waals surface area contributed by atoms with Gasteiger partial charge in [0.15, 0.2) is 0 Å². The maximum atomic E-state index is 5.96. The second kappa shape index (κ2) is 5.47. The van der Waals surface area contributed by atoms with Gasteiger partial charge >= 0.3 is 0 Å².